The molecule has 2 amide bonds. The number of ether oxygens (including phenoxy) is 2. The van der Waals surface area contributed by atoms with Crippen molar-refractivity contribution in [1.29, 1.82) is 0 Å². The summed E-state index contributed by atoms with van der Waals surface area (Å²) in [5, 5.41) is 2.97. The summed E-state index contributed by atoms with van der Waals surface area (Å²) in [5.74, 6) is 0.672. The molecule has 0 aliphatic carbocycles. The lowest BCUT2D eigenvalue weighted by Gasteiger charge is -2.26. The van der Waals surface area contributed by atoms with Gasteiger partial charge < -0.3 is 24.7 Å². The first-order valence-corrected chi connectivity index (χ1v) is 8.70. The van der Waals surface area contributed by atoms with Gasteiger partial charge in [-0.05, 0) is 25.0 Å². The maximum atomic E-state index is 12.6. The molecule has 1 fully saturated rings. The van der Waals surface area contributed by atoms with Crippen LogP contribution in [0.2, 0.25) is 0 Å². The van der Waals surface area contributed by atoms with Crippen LogP contribution in [-0.4, -0.2) is 46.8 Å². The second-order valence-corrected chi connectivity index (χ2v) is 6.37. The summed E-state index contributed by atoms with van der Waals surface area (Å²) in [6, 6.07) is 7.38. The fourth-order valence-electron chi connectivity index (χ4n) is 3.23. The average Bonchev–Trinajstić information content (AvgIpc) is 3.31. The van der Waals surface area contributed by atoms with Crippen molar-refractivity contribution in [1.82, 2.24) is 14.9 Å². The number of amides is 2. The highest BCUT2D eigenvalue weighted by Crippen LogP contribution is 2.26. The Morgan fingerprint density at radius 3 is 3.24 bits per heavy atom. The second kappa shape index (κ2) is 7.14. The molecule has 1 aromatic carbocycles. The third-order valence-electron chi connectivity index (χ3n) is 4.64. The van der Waals surface area contributed by atoms with Crippen LogP contribution in [0.4, 0.5) is 10.5 Å². The third kappa shape index (κ3) is 3.61. The smallest absolute Gasteiger partial charge is 0.322 e. The molecule has 2 aliphatic rings. The van der Waals surface area contributed by atoms with E-state index < -0.39 is 0 Å². The first kappa shape index (κ1) is 16.0. The Bertz CT molecular complexity index is 739. The fourth-order valence-corrected chi connectivity index (χ4v) is 3.23. The quantitative estimate of drug-likeness (QED) is 0.895. The van der Waals surface area contributed by atoms with Crippen LogP contribution in [0.5, 0.6) is 5.75 Å². The number of aromatic nitrogens is 2. The van der Waals surface area contributed by atoms with Crippen molar-refractivity contribution in [3.05, 3.63) is 42.0 Å². The van der Waals surface area contributed by atoms with Crippen molar-refractivity contribution in [3.8, 4) is 5.75 Å². The predicted molar refractivity (Wildman–Crippen MR) is 92.6 cm³/mol. The Hall–Kier alpha value is -2.54. The first-order valence-electron chi connectivity index (χ1n) is 8.70. The van der Waals surface area contributed by atoms with Crippen LogP contribution in [0.15, 0.2) is 30.6 Å². The van der Waals surface area contributed by atoms with Gasteiger partial charge in [0.2, 0.25) is 0 Å². The highest BCUT2D eigenvalue weighted by atomic mass is 16.5. The number of nitrogens with one attached hydrogen (secondary N) is 2. The number of rotatable bonds is 4. The molecule has 1 aromatic heterocycles. The molecule has 1 saturated heterocycles. The molecule has 0 bridgehead atoms. The van der Waals surface area contributed by atoms with E-state index in [-0.39, 0.29) is 12.1 Å². The highest BCUT2D eigenvalue weighted by molar-refractivity contribution is 5.91. The van der Waals surface area contributed by atoms with E-state index in [4.69, 9.17) is 9.47 Å². The van der Waals surface area contributed by atoms with Gasteiger partial charge in [-0.2, -0.15) is 0 Å². The largest absolute Gasteiger partial charge is 0.489 e. The zero-order valence-electron chi connectivity index (χ0n) is 14.0. The molecule has 1 atom stereocenters. The minimum absolute atomic E-state index is 0.131. The van der Waals surface area contributed by atoms with Gasteiger partial charge in [0.25, 0.3) is 0 Å². The van der Waals surface area contributed by atoms with Crippen molar-refractivity contribution in [2.45, 2.75) is 31.9 Å². The summed E-state index contributed by atoms with van der Waals surface area (Å²) < 4.78 is 11.5. The summed E-state index contributed by atoms with van der Waals surface area (Å²) in [7, 11) is 0. The number of benzene rings is 1. The maximum Gasteiger partial charge on any atom is 0.322 e. The van der Waals surface area contributed by atoms with E-state index in [1.54, 1.807) is 11.2 Å². The van der Waals surface area contributed by atoms with Crippen LogP contribution in [0.3, 0.4) is 0 Å². The monoisotopic (exact) mass is 342 g/mol. The summed E-state index contributed by atoms with van der Waals surface area (Å²) >= 11 is 0. The van der Waals surface area contributed by atoms with Gasteiger partial charge in [0.15, 0.2) is 0 Å². The molecule has 2 aliphatic heterocycles. The lowest BCUT2D eigenvalue weighted by molar-refractivity contribution is 0.0682. The Balaban J connectivity index is 1.39. The van der Waals surface area contributed by atoms with E-state index >= 15 is 0 Å². The lowest BCUT2D eigenvalue weighted by atomic mass is 10.1. The zero-order valence-corrected chi connectivity index (χ0v) is 14.0. The number of para-hydroxylation sites is 2. The average molecular weight is 342 g/mol. The lowest BCUT2D eigenvalue weighted by Crippen LogP contribution is -2.39. The van der Waals surface area contributed by atoms with Gasteiger partial charge in [-0.25, -0.2) is 9.78 Å². The number of fused-ring (bicyclic) bond motifs is 1. The molecule has 0 saturated carbocycles. The molecule has 2 N–H and O–H groups in total. The molecule has 2 aromatic rings. The van der Waals surface area contributed by atoms with E-state index in [1.165, 1.54) is 0 Å². The number of carbonyl (C=O) groups excluding carboxylic acids is 1. The molecular formula is C18H22N4O3. The maximum absolute atomic E-state index is 12.6. The topological polar surface area (TPSA) is 79.5 Å². The second-order valence-electron chi connectivity index (χ2n) is 6.37. The first-order chi connectivity index (χ1) is 12.3. The molecular weight excluding hydrogens is 320 g/mol. The number of anilines is 1. The van der Waals surface area contributed by atoms with Crippen LogP contribution in [0.25, 0.3) is 0 Å². The molecule has 0 radical (unpaired) electrons. The molecule has 7 heteroatoms. The van der Waals surface area contributed by atoms with Gasteiger partial charge in [-0.15, -0.1) is 0 Å². The van der Waals surface area contributed by atoms with Gasteiger partial charge in [-0.3, -0.25) is 0 Å². The third-order valence-corrected chi connectivity index (χ3v) is 4.64. The van der Waals surface area contributed by atoms with E-state index in [0.29, 0.717) is 31.1 Å². The van der Waals surface area contributed by atoms with Crippen molar-refractivity contribution < 1.29 is 14.3 Å². The molecule has 25 heavy (non-hydrogen) atoms. The SMILES string of the molecule is O=C(Nc1ccccc1OCC1CCCO1)N1CCc2nc[nH]c2C1. The summed E-state index contributed by atoms with van der Waals surface area (Å²) in [6.07, 6.45) is 4.69. The van der Waals surface area contributed by atoms with Crippen LogP contribution < -0.4 is 10.1 Å². The Kier molecular flexibility index (Phi) is 4.56. The number of H-pyrrole nitrogens is 1. The van der Waals surface area contributed by atoms with Gasteiger partial charge in [0, 0.05) is 19.6 Å². The van der Waals surface area contributed by atoms with Gasteiger partial charge >= 0.3 is 6.03 Å². The van der Waals surface area contributed by atoms with E-state index in [0.717, 1.165) is 37.3 Å². The molecule has 132 valence electrons. The highest BCUT2D eigenvalue weighted by Gasteiger charge is 2.23. The van der Waals surface area contributed by atoms with E-state index in [9.17, 15) is 4.79 Å². The number of urea groups is 1. The van der Waals surface area contributed by atoms with Gasteiger partial charge in [0.05, 0.1) is 36.1 Å². The fraction of sp³-hybridized carbons (Fsp3) is 0.444. The van der Waals surface area contributed by atoms with Crippen LogP contribution in [0.1, 0.15) is 24.2 Å². The number of hydrogen-bond donors (Lipinski definition) is 2. The number of hydrogen-bond acceptors (Lipinski definition) is 4. The van der Waals surface area contributed by atoms with Crippen molar-refractivity contribution in [2.24, 2.45) is 0 Å². The van der Waals surface area contributed by atoms with Crippen molar-refractivity contribution >= 4 is 11.7 Å². The Labute approximate surface area is 146 Å². The molecule has 3 heterocycles. The van der Waals surface area contributed by atoms with Gasteiger partial charge in [-0.1, -0.05) is 12.1 Å². The summed E-state index contributed by atoms with van der Waals surface area (Å²) in [6.45, 7) is 2.51. The Morgan fingerprint density at radius 2 is 2.36 bits per heavy atom. The summed E-state index contributed by atoms with van der Waals surface area (Å²) in [4.78, 5) is 21.8. The van der Waals surface area contributed by atoms with Crippen molar-refractivity contribution in [3.63, 3.8) is 0 Å². The van der Waals surface area contributed by atoms with Gasteiger partial charge in [0.1, 0.15) is 12.4 Å². The minimum atomic E-state index is -0.131. The van der Waals surface area contributed by atoms with E-state index in [1.807, 2.05) is 24.3 Å². The van der Waals surface area contributed by atoms with Crippen LogP contribution in [0, 0.1) is 0 Å². The number of aromatic amines is 1. The summed E-state index contributed by atoms with van der Waals surface area (Å²) in [5.41, 5.74) is 2.73. The van der Waals surface area contributed by atoms with E-state index in [2.05, 4.69) is 15.3 Å². The molecule has 1 unspecified atom stereocenters. The predicted octanol–water partition coefficient (Wildman–Crippen LogP) is 2.56. The Morgan fingerprint density at radius 1 is 1.44 bits per heavy atom. The number of carbonyl (C=O) groups is 1. The molecule has 0 spiro atoms. The number of nitrogens with zero attached hydrogens (tertiary/aromatic N) is 2. The van der Waals surface area contributed by atoms with Crippen LogP contribution >= 0.6 is 0 Å². The standard InChI is InChI=1S/C18H22N4O3/c23-18(22-8-7-14-16(10-22)20-12-19-14)21-15-5-1-2-6-17(15)25-11-13-4-3-9-24-13/h1-2,5-6,12-13H,3-4,7-11H2,(H,19,20)(H,21,23). The molecule has 4 rings (SSSR count). The zero-order chi connectivity index (χ0) is 17.1. The van der Waals surface area contributed by atoms with Crippen molar-refractivity contribution in [2.75, 3.05) is 25.1 Å². The van der Waals surface area contributed by atoms with Crippen LogP contribution in [-0.2, 0) is 17.7 Å². The molecule has 7 nitrogen and oxygen atoms in total. The minimum Gasteiger partial charge on any atom is -0.489 e. The normalized spacial score (nSPS) is 19.5. The number of imidazole rings is 1.